The van der Waals surface area contributed by atoms with Crippen molar-refractivity contribution in [1.82, 2.24) is 4.90 Å². The standard InChI is InChI=1S/C12H12ClF3N2O/c13-9-4-3-8(12(14,15)16)7-10(9)17-11(19)18-5-1-2-6-18/h3-4,7H,1-2,5-6H2,(H,17,19). The van der Waals surface area contributed by atoms with E-state index in [1.54, 1.807) is 4.90 Å². The van der Waals surface area contributed by atoms with E-state index in [2.05, 4.69) is 5.32 Å². The molecule has 1 aliphatic rings. The molecule has 1 aliphatic heterocycles. The molecule has 3 nitrogen and oxygen atoms in total. The highest BCUT2D eigenvalue weighted by molar-refractivity contribution is 6.33. The number of carbonyl (C=O) groups excluding carboxylic acids is 1. The quantitative estimate of drug-likeness (QED) is 0.834. The predicted molar refractivity (Wildman–Crippen MR) is 66.3 cm³/mol. The zero-order valence-corrected chi connectivity index (χ0v) is 10.7. The first-order valence-corrected chi connectivity index (χ1v) is 6.18. The number of hydrogen-bond acceptors (Lipinski definition) is 1. The molecule has 1 aromatic rings. The molecule has 7 heteroatoms. The summed E-state index contributed by atoms with van der Waals surface area (Å²) in [6.45, 7) is 1.23. The number of halogens is 4. The second-order valence-corrected chi connectivity index (χ2v) is 4.72. The average molecular weight is 293 g/mol. The van der Waals surface area contributed by atoms with Gasteiger partial charge in [0.2, 0.25) is 0 Å². The summed E-state index contributed by atoms with van der Waals surface area (Å²) < 4.78 is 37.7. The first-order valence-electron chi connectivity index (χ1n) is 5.80. The minimum Gasteiger partial charge on any atom is -0.325 e. The van der Waals surface area contributed by atoms with E-state index < -0.39 is 17.8 Å². The number of nitrogens with one attached hydrogen (secondary N) is 1. The van der Waals surface area contributed by atoms with Gasteiger partial charge in [0.05, 0.1) is 16.3 Å². The van der Waals surface area contributed by atoms with Crippen molar-refractivity contribution in [3.05, 3.63) is 28.8 Å². The maximum absolute atomic E-state index is 12.6. The largest absolute Gasteiger partial charge is 0.416 e. The Morgan fingerprint density at radius 1 is 1.26 bits per heavy atom. The number of carbonyl (C=O) groups is 1. The van der Waals surface area contributed by atoms with Gasteiger partial charge in [0.1, 0.15) is 0 Å². The Morgan fingerprint density at radius 3 is 2.47 bits per heavy atom. The maximum atomic E-state index is 12.6. The molecule has 1 saturated heterocycles. The zero-order chi connectivity index (χ0) is 14.0. The van der Waals surface area contributed by atoms with E-state index in [1.807, 2.05) is 0 Å². The molecular formula is C12H12ClF3N2O. The van der Waals surface area contributed by atoms with Gasteiger partial charge >= 0.3 is 12.2 Å². The van der Waals surface area contributed by atoms with Crippen LogP contribution >= 0.6 is 11.6 Å². The minimum absolute atomic E-state index is 0.0200. The van der Waals surface area contributed by atoms with Crippen LogP contribution in [-0.4, -0.2) is 24.0 Å². The lowest BCUT2D eigenvalue weighted by atomic mass is 10.2. The number of anilines is 1. The zero-order valence-electron chi connectivity index (χ0n) is 9.93. The summed E-state index contributed by atoms with van der Waals surface area (Å²) in [6.07, 6.45) is -2.65. The molecule has 1 fully saturated rings. The van der Waals surface area contributed by atoms with E-state index in [4.69, 9.17) is 11.6 Å². The van der Waals surface area contributed by atoms with Gasteiger partial charge in [-0.05, 0) is 31.0 Å². The van der Waals surface area contributed by atoms with Gasteiger partial charge in [-0.25, -0.2) is 4.79 Å². The number of rotatable bonds is 1. The van der Waals surface area contributed by atoms with Gasteiger partial charge in [0, 0.05) is 13.1 Å². The van der Waals surface area contributed by atoms with Crippen LogP contribution in [0.2, 0.25) is 5.02 Å². The van der Waals surface area contributed by atoms with Crippen LogP contribution in [-0.2, 0) is 6.18 Å². The van der Waals surface area contributed by atoms with Crippen molar-refractivity contribution in [3.63, 3.8) is 0 Å². The minimum atomic E-state index is -4.46. The van der Waals surface area contributed by atoms with E-state index in [0.717, 1.165) is 31.0 Å². The average Bonchev–Trinajstić information content (AvgIpc) is 2.84. The summed E-state index contributed by atoms with van der Waals surface area (Å²) in [7, 11) is 0. The molecule has 0 aliphatic carbocycles. The fourth-order valence-corrected chi connectivity index (χ4v) is 2.08. The van der Waals surface area contributed by atoms with E-state index in [1.165, 1.54) is 0 Å². The highest BCUT2D eigenvalue weighted by atomic mass is 35.5. The van der Waals surface area contributed by atoms with Crippen molar-refractivity contribution in [2.75, 3.05) is 18.4 Å². The first-order chi connectivity index (χ1) is 8.88. The Kier molecular flexibility index (Phi) is 3.89. The van der Waals surface area contributed by atoms with Crippen LogP contribution in [0.25, 0.3) is 0 Å². The lowest BCUT2D eigenvalue weighted by molar-refractivity contribution is -0.137. The van der Waals surface area contributed by atoms with E-state index in [0.29, 0.717) is 13.1 Å². The molecule has 2 amide bonds. The van der Waals surface area contributed by atoms with Crippen LogP contribution in [0.3, 0.4) is 0 Å². The van der Waals surface area contributed by atoms with Gasteiger partial charge in [-0.3, -0.25) is 0 Å². The van der Waals surface area contributed by atoms with Crippen LogP contribution in [0.1, 0.15) is 18.4 Å². The molecule has 1 N–H and O–H groups in total. The molecule has 0 bridgehead atoms. The summed E-state index contributed by atoms with van der Waals surface area (Å²) in [5.41, 5.74) is -0.859. The van der Waals surface area contributed by atoms with Crippen LogP contribution in [0.15, 0.2) is 18.2 Å². The van der Waals surface area contributed by atoms with Gasteiger partial charge in [0.25, 0.3) is 0 Å². The smallest absolute Gasteiger partial charge is 0.325 e. The molecule has 0 atom stereocenters. The molecule has 19 heavy (non-hydrogen) atoms. The number of nitrogens with zero attached hydrogens (tertiary/aromatic N) is 1. The van der Waals surface area contributed by atoms with Crippen molar-refractivity contribution in [2.24, 2.45) is 0 Å². The van der Waals surface area contributed by atoms with E-state index in [9.17, 15) is 18.0 Å². The summed E-state index contributed by atoms with van der Waals surface area (Å²) in [5, 5.41) is 2.50. The first kappa shape index (κ1) is 14.0. The van der Waals surface area contributed by atoms with Crippen molar-refractivity contribution < 1.29 is 18.0 Å². The van der Waals surface area contributed by atoms with Crippen molar-refractivity contribution in [3.8, 4) is 0 Å². The summed E-state index contributed by atoms with van der Waals surface area (Å²) in [4.78, 5) is 13.4. The molecule has 104 valence electrons. The second-order valence-electron chi connectivity index (χ2n) is 4.32. The number of urea groups is 1. The lowest BCUT2D eigenvalue weighted by Gasteiger charge is -2.17. The molecular weight excluding hydrogens is 281 g/mol. The Hall–Kier alpha value is -1.43. The Balaban J connectivity index is 2.17. The fourth-order valence-electron chi connectivity index (χ4n) is 1.91. The maximum Gasteiger partial charge on any atom is 0.416 e. The second kappa shape index (κ2) is 5.28. The Morgan fingerprint density at radius 2 is 1.89 bits per heavy atom. The topological polar surface area (TPSA) is 32.3 Å². The third-order valence-electron chi connectivity index (χ3n) is 2.93. The van der Waals surface area contributed by atoms with Crippen molar-refractivity contribution in [1.29, 1.82) is 0 Å². The summed E-state index contributed by atoms with van der Waals surface area (Å²) >= 11 is 5.80. The highest BCUT2D eigenvalue weighted by Crippen LogP contribution is 2.33. The van der Waals surface area contributed by atoms with Crippen LogP contribution in [0.4, 0.5) is 23.7 Å². The molecule has 0 radical (unpaired) electrons. The Labute approximate surface area is 113 Å². The molecule has 1 heterocycles. The summed E-state index contributed by atoms with van der Waals surface area (Å²) in [6, 6.07) is 2.44. The molecule has 0 spiro atoms. The summed E-state index contributed by atoms with van der Waals surface area (Å²) in [5.74, 6) is 0. The monoisotopic (exact) mass is 292 g/mol. The normalized spacial score (nSPS) is 15.7. The predicted octanol–water partition coefficient (Wildman–Crippen LogP) is 3.99. The van der Waals surface area contributed by atoms with Crippen LogP contribution < -0.4 is 5.32 Å². The van der Waals surface area contributed by atoms with Gasteiger partial charge in [0.15, 0.2) is 0 Å². The number of alkyl halides is 3. The fraction of sp³-hybridized carbons (Fsp3) is 0.417. The van der Waals surface area contributed by atoms with Gasteiger partial charge in [-0.2, -0.15) is 13.2 Å². The molecule has 0 unspecified atom stereocenters. The van der Waals surface area contributed by atoms with E-state index >= 15 is 0 Å². The number of likely N-dealkylation sites (tertiary alicyclic amines) is 1. The third-order valence-corrected chi connectivity index (χ3v) is 3.26. The van der Waals surface area contributed by atoms with Gasteiger partial charge < -0.3 is 10.2 Å². The SMILES string of the molecule is O=C(Nc1cc(C(F)(F)F)ccc1Cl)N1CCCC1. The third kappa shape index (κ3) is 3.32. The highest BCUT2D eigenvalue weighted by Gasteiger charge is 2.31. The lowest BCUT2D eigenvalue weighted by Crippen LogP contribution is -2.32. The van der Waals surface area contributed by atoms with Gasteiger partial charge in [-0.1, -0.05) is 11.6 Å². The number of hydrogen-bond donors (Lipinski definition) is 1. The molecule has 0 saturated carbocycles. The Bertz CT molecular complexity index is 484. The number of amides is 2. The molecule has 1 aromatic carbocycles. The number of benzene rings is 1. The molecule has 0 aromatic heterocycles. The van der Waals surface area contributed by atoms with Crippen molar-refractivity contribution >= 4 is 23.3 Å². The van der Waals surface area contributed by atoms with Crippen LogP contribution in [0, 0.1) is 0 Å². The van der Waals surface area contributed by atoms with Gasteiger partial charge in [-0.15, -0.1) is 0 Å². The van der Waals surface area contributed by atoms with E-state index in [-0.39, 0.29) is 10.7 Å². The van der Waals surface area contributed by atoms with Crippen molar-refractivity contribution in [2.45, 2.75) is 19.0 Å². The molecule has 2 rings (SSSR count). The van der Waals surface area contributed by atoms with Crippen LogP contribution in [0.5, 0.6) is 0 Å².